The molecule has 2 saturated heterocycles. The molecule has 2 aromatic carbocycles. The van der Waals surface area contributed by atoms with E-state index in [4.69, 9.17) is 18.9 Å². The Labute approximate surface area is 199 Å². The number of ketones is 2. The zero-order chi connectivity index (χ0) is 23.3. The molecular weight excluding hydrogens is 436 g/mol. The molecule has 2 heterocycles. The Hall–Kier alpha value is -2.78. The molecule has 1 aliphatic carbocycles. The molecule has 0 aromatic heterocycles. The van der Waals surface area contributed by atoms with Gasteiger partial charge in [0, 0.05) is 61.5 Å². The molecule has 0 N–H and O–H groups in total. The maximum absolute atomic E-state index is 13.3. The fourth-order valence-electron chi connectivity index (χ4n) is 4.52. The van der Waals surface area contributed by atoms with E-state index in [2.05, 4.69) is 9.80 Å². The van der Waals surface area contributed by atoms with Crippen molar-refractivity contribution in [3.05, 3.63) is 58.7 Å². The Morgan fingerprint density at radius 1 is 0.618 bits per heavy atom. The van der Waals surface area contributed by atoms with E-state index >= 15 is 0 Å². The second-order valence-corrected chi connectivity index (χ2v) is 8.68. The van der Waals surface area contributed by atoms with E-state index in [0.29, 0.717) is 47.0 Å². The Morgan fingerprint density at radius 3 is 1.47 bits per heavy atom. The first-order valence-corrected chi connectivity index (χ1v) is 11.9. The molecule has 0 radical (unpaired) electrons. The van der Waals surface area contributed by atoms with Crippen molar-refractivity contribution in [1.29, 1.82) is 0 Å². The van der Waals surface area contributed by atoms with Crippen molar-refractivity contribution in [2.24, 2.45) is 0 Å². The van der Waals surface area contributed by atoms with Crippen LogP contribution < -0.4 is 9.47 Å². The summed E-state index contributed by atoms with van der Waals surface area (Å²) in [5.74, 6) is 0.857. The van der Waals surface area contributed by atoms with Gasteiger partial charge in [0.05, 0.1) is 26.4 Å². The van der Waals surface area contributed by atoms with Crippen molar-refractivity contribution in [3.8, 4) is 11.5 Å². The summed E-state index contributed by atoms with van der Waals surface area (Å²) in [7, 11) is 0. The molecule has 8 nitrogen and oxygen atoms in total. The van der Waals surface area contributed by atoms with Gasteiger partial charge in [-0.3, -0.25) is 19.4 Å². The third-order valence-corrected chi connectivity index (χ3v) is 6.52. The van der Waals surface area contributed by atoms with Gasteiger partial charge in [-0.05, 0) is 36.4 Å². The first kappa shape index (κ1) is 23.0. The number of fused-ring (bicyclic) bond motifs is 2. The van der Waals surface area contributed by atoms with Gasteiger partial charge >= 0.3 is 0 Å². The topological polar surface area (TPSA) is 77.5 Å². The lowest BCUT2D eigenvalue weighted by atomic mass is 9.84. The summed E-state index contributed by atoms with van der Waals surface area (Å²) in [4.78, 5) is 30.9. The molecule has 0 spiro atoms. The molecule has 3 aliphatic rings. The number of morpholine rings is 2. The van der Waals surface area contributed by atoms with Crippen LogP contribution in [0.3, 0.4) is 0 Å². The highest BCUT2D eigenvalue weighted by Crippen LogP contribution is 2.32. The first-order valence-electron chi connectivity index (χ1n) is 11.9. The van der Waals surface area contributed by atoms with Crippen LogP contribution in [-0.2, 0) is 9.47 Å². The SMILES string of the molecule is O=C1c2ccc(OCCN3CCOCC3)cc2C(=O)c2cc(OCCN3CCOCC3)ccc21. The molecule has 5 rings (SSSR count). The van der Waals surface area contributed by atoms with Crippen molar-refractivity contribution in [2.45, 2.75) is 0 Å². The molecule has 0 saturated carbocycles. The molecule has 8 heteroatoms. The van der Waals surface area contributed by atoms with E-state index in [1.807, 2.05) is 0 Å². The van der Waals surface area contributed by atoms with Crippen molar-refractivity contribution < 1.29 is 28.5 Å². The van der Waals surface area contributed by atoms with Gasteiger partial charge in [-0.15, -0.1) is 0 Å². The molecule has 180 valence electrons. The highest BCUT2D eigenvalue weighted by atomic mass is 16.5. The van der Waals surface area contributed by atoms with Gasteiger partial charge in [0.1, 0.15) is 24.7 Å². The van der Waals surface area contributed by atoms with Gasteiger partial charge in [-0.2, -0.15) is 0 Å². The summed E-state index contributed by atoms with van der Waals surface area (Å²) in [5.41, 5.74) is 1.59. The molecule has 2 aliphatic heterocycles. The Balaban J connectivity index is 1.24. The number of rotatable bonds is 8. The lowest BCUT2D eigenvalue weighted by Crippen LogP contribution is -2.38. The zero-order valence-electron chi connectivity index (χ0n) is 19.3. The average Bonchev–Trinajstić information content (AvgIpc) is 2.88. The predicted molar refractivity (Wildman–Crippen MR) is 125 cm³/mol. The highest BCUT2D eigenvalue weighted by molar-refractivity contribution is 6.28. The predicted octanol–water partition coefficient (Wildman–Crippen LogP) is 1.88. The fourth-order valence-corrected chi connectivity index (χ4v) is 4.52. The number of carbonyl (C=O) groups excluding carboxylic acids is 2. The van der Waals surface area contributed by atoms with E-state index in [1.165, 1.54) is 0 Å². The van der Waals surface area contributed by atoms with Gasteiger partial charge < -0.3 is 18.9 Å². The monoisotopic (exact) mass is 466 g/mol. The maximum atomic E-state index is 13.3. The minimum atomic E-state index is -0.179. The van der Waals surface area contributed by atoms with Crippen LogP contribution in [0.5, 0.6) is 11.5 Å². The normalized spacial score (nSPS) is 18.9. The van der Waals surface area contributed by atoms with E-state index in [0.717, 1.165) is 65.7 Å². The van der Waals surface area contributed by atoms with E-state index in [1.54, 1.807) is 36.4 Å². The lowest BCUT2D eigenvalue weighted by Gasteiger charge is -2.26. The smallest absolute Gasteiger partial charge is 0.194 e. The summed E-state index contributed by atoms with van der Waals surface area (Å²) < 4.78 is 22.5. The Bertz CT molecular complexity index is 964. The van der Waals surface area contributed by atoms with Crippen LogP contribution in [0.15, 0.2) is 36.4 Å². The van der Waals surface area contributed by atoms with Crippen LogP contribution in [0.2, 0.25) is 0 Å². The number of carbonyl (C=O) groups is 2. The van der Waals surface area contributed by atoms with Gasteiger partial charge in [0.25, 0.3) is 0 Å². The molecular formula is C26H30N2O6. The third-order valence-electron chi connectivity index (χ3n) is 6.52. The maximum Gasteiger partial charge on any atom is 0.194 e. The van der Waals surface area contributed by atoms with Crippen molar-refractivity contribution in [1.82, 2.24) is 9.80 Å². The van der Waals surface area contributed by atoms with Crippen molar-refractivity contribution in [3.63, 3.8) is 0 Å². The van der Waals surface area contributed by atoms with Crippen LogP contribution in [0.4, 0.5) is 0 Å². The largest absolute Gasteiger partial charge is 0.492 e. The molecule has 0 atom stereocenters. The second-order valence-electron chi connectivity index (χ2n) is 8.68. The van der Waals surface area contributed by atoms with Gasteiger partial charge in [0.2, 0.25) is 0 Å². The minimum absolute atomic E-state index is 0.149. The summed E-state index contributed by atoms with van der Waals surface area (Å²) >= 11 is 0. The summed E-state index contributed by atoms with van der Waals surface area (Å²) in [6.45, 7) is 9.17. The second kappa shape index (κ2) is 10.7. The third kappa shape index (κ3) is 5.15. The zero-order valence-corrected chi connectivity index (χ0v) is 19.3. The standard InChI is InChI=1S/C26H30N2O6/c29-25-21-3-1-19(33-15-9-27-5-11-31-12-6-27)17-23(21)26(30)24-18-20(2-4-22(24)25)34-16-10-28-7-13-32-14-8-28/h1-4,17-18H,5-16H2. The molecule has 0 unspecified atom stereocenters. The van der Waals surface area contributed by atoms with Crippen LogP contribution >= 0.6 is 0 Å². The lowest BCUT2D eigenvalue weighted by molar-refractivity contribution is 0.0322. The van der Waals surface area contributed by atoms with Crippen molar-refractivity contribution in [2.75, 3.05) is 78.9 Å². The summed E-state index contributed by atoms with van der Waals surface area (Å²) in [6.07, 6.45) is 0. The van der Waals surface area contributed by atoms with Gasteiger partial charge in [-0.25, -0.2) is 0 Å². The number of hydrogen-bond donors (Lipinski definition) is 0. The average molecular weight is 467 g/mol. The summed E-state index contributed by atoms with van der Waals surface area (Å²) in [6, 6.07) is 10.3. The number of benzene rings is 2. The molecule has 2 fully saturated rings. The molecule has 0 amide bonds. The van der Waals surface area contributed by atoms with E-state index in [-0.39, 0.29) is 11.6 Å². The molecule has 0 bridgehead atoms. The van der Waals surface area contributed by atoms with Crippen molar-refractivity contribution >= 4 is 11.6 Å². The number of hydrogen-bond acceptors (Lipinski definition) is 8. The first-order chi connectivity index (χ1) is 16.7. The highest BCUT2D eigenvalue weighted by Gasteiger charge is 2.30. The number of ether oxygens (including phenoxy) is 4. The van der Waals surface area contributed by atoms with Gasteiger partial charge in [0.15, 0.2) is 11.6 Å². The fraction of sp³-hybridized carbons (Fsp3) is 0.462. The minimum Gasteiger partial charge on any atom is -0.492 e. The van der Waals surface area contributed by atoms with E-state index in [9.17, 15) is 9.59 Å². The van der Waals surface area contributed by atoms with Crippen LogP contribution in [0.25, 0.3) is 0 Å². The van der Waals surface area contributed by atoms with Crippen LogP contribution in [0, 0.1) is 0 Å². The quantitative estimate of drug-likeness (QED) is 0.498. The van der Waals surface area contributed by atoms with Gasteiger partial charge in [-0.1, -0.05) is 0 Å². The summed E-state index contributed by atoms with van der Waals surface area (Å²) in [5, 5.41) is 0. The number of nitrogens with zero attached hydrogens (tertiary/aromatic N) is 2. The van der Waals surface area contributed by atoms with E-state index < -0.39 is 0 Å². The molecule has 34 heavy (non-hydrogen) atoms. The molecule has 2 aromatic rings. The van der Waals surface area contributed by atoms with Crippen LogP contribution in [-0.4, -0.2) is 100 Å². The van der Waals surface area contributed by atoms with Crippen LogP contribution in [0.1, 0.15) is 31.8 Å². The Morgan fingerprint density at radius 2 is 1.03 bits per heavy atom. The Kier molecular flexibility index (Phi) is 7.20.